The molecule has 0 unspecified atom stereocenters. The van der Waals surface area contributed by atoms with Crippen molar-refractivity contribution in [2.75, 3.05) is 20.2 Å². The molecule has 4 amide bonds. The summed E-state index contributed by atoms with van der Waals surface area (Å²) in [7, 11) is 1.30. The fourth-order valence-electron chi connectivity index (χ4n) is 1.31. The van der Waals surface area contributed by atoms with E-state index in [9.17, 15) is 19.2 Å². The van der Waals surface area contributed by atoms with Gasteiger partial charge in [0.1, 0.15) is 13.0 Å². The normalized spacial score (nSPS) is 16.0. The minimum atomic E-state index is -0.706. The molecule has 0 radical (unpaired) electrons. The van der Waals surface area contributed by atoms with Gasteiger partial charge in [-0.1, -0.05) is 6.58 Å². The van der Waals surface area contributed by atoms with Crippen molar-refractivity contribution in [2.24, 2.45) is 0 Å². The number of esters is 1. The van der Waals surface area contributed by atoms with Crippen LogP contribution in [0, 0.1) is 0 Å². The largest absolute Gasteiger partial charge is 0.460 e. The first-order valence-electron chi connectivity index (χ1n) is 5.28. The summed E-state index contributed by atoms with van der Waals surface area (Å²) in [6.07, 6.45) is -0.351. The summed E-state index contributed by atoms with van der Waals surface area (Å²) in [5.74, 6) is -1.72. The lowest BCUT2D eigenvalue weighted by atomic mass is 10.2. The molecule has 0 aromatic carbocycles. The van der Waals surface area contributed by atoms with Crippen molar-refractivity contribution >= 4 is 23.8 Å². The molecule has 1 fully saturated rings. The van der Waals surface area contributed by atoms with E-state index in [1.54, 1.807) is 0 Å². The fourth-order valence-corrected chi connectivity index (χ4v) is 1.31. The first-order chi connectivity index (χ1) is 8.34. The van der Waals surface area contributed by atoms with Crippen LogP contribution in [-0.2, 0) is 19.1 Å². The third-order valence-electron chi connectivity index (χ3n) is 2.39. The van der Waals surface area contributed by atoms with Crippen molar-refractivity contribution in [3.63, 3.8) is 0 Å². The molecule has 1 aliphatic rings. The van der Waals surface area contributed by atoms with E-state index < -0.39 is 23.8 Å². The number of imide groups is 2. The molecular weight excluding hydrogens is 240 g/mol. The van der Waals surface area contributed by atoms with Gasteiger partial charge >= 0.3 is 12.0 Å². The Morgan fingerprint density at radius 3 is 2.50 bits per heavy atom. The zero-order valence-electron chi connectivity index (χ0n) is 10.3. The topological polar surface area (TPSA) is 84.0 Å². The highest BCUT2D eigenvalue weighted by atomic mass is 16.5. The SMILES string of the molecule is C=C(C)C(=O)OCCN1C(=O)CC(=O)N(C)C1=O. The molecule has 1 heterocycles. The van der Waals surface area contributed by atoms with Gasteiger partial charge in [0.25, 0.3) is 0 Å². The second-order valence-electron chi connectivity index (χ2n) is 3.87. The molecule has 98 valence electrons. The highest BCUT2D eigenvalue weighted by molar-refractivity contribution is 6.13. The van der Waals surface area contributed by atoms with Gasteiger partial charge < -0.3 is 4.74 Å². The maximum Gasteiger partial charge on any atom is 0.333 e. The zero-order chi connectivity index (χ0) is 13.9. The number of barbiturate groups is 1. The predicted molar refractivity (Wildman–Crippen MR) is 60.3 cm³/mol. The van der Waals surface area contributed by atoms with Gasteiger partial charge in [-0.25, -0.2) is 9.59 Å². The number of hydrogen-bond donors (Lipinski definition) is 0. The number of hydrogen-bond acceptors (Lipinski definition) is 5. The molecule has 0 aromatic heterocycles. The Labute approximate surface area is 104 Å². The zero-order valence-corrected chi connectivity index (χ0v) is 10.3. The van der Waals surface area contributed by atoms with Crippen LogP contribution in [-0.4, -0.2) is 53.8 Å². The maximum absolute atomic E-state index is 11.6. The van der Waals surface area contributed by atoms with Crippen molar-refractivity contribution in [1.29, 1.82) is 0 Å². The van der Waals surface area contributed by atoms with Crippen molar-refractivity contribution in [3.05, 3.63) is 12.2 Å². The molecular formula is C11H14N2O5. The van der Waals surface area contributed by atoms with Crippen molar-refractivity contribution in [2.45, 2.75) is 13.3 Å². The summed E-state index contributed by atoms with van der Waals surface area (Å²) in [4.78, 5) is 47.1. The van der Waals surface area contributed by atoms with Crippen LogP contribution in [0.2, 0.25) is 0 Å². The Kier molecular flexibility index (Phi) is 4.19. The number of amides is 4. The lowest BCUT2D eigenvalue weighted by molar-refractivity contribution is -0.145. The third kappa shape index (κ3) is 2.93. The summed E-state index contributed by atoms with van der Waals surface area (Å²) in [6, 6.07) is -0.706. The maximum atomic E-state index is 11.6. The Morgan fingerprint density at radius 2 is 1.94 bits per heavy atom. The first-order valence-corrected chi connectivity index (χ1v) is 5.28. The standard InChI is InChI=1S/C11H14N2O5/c1-7(2)10(16)18-5-4-13-9(15)6-8(14)12(3)11(13)17/h1,4-6H2,2-3H3. The molecule has 7 heteroatoms. The number of urea groups is 1. The van der Waals surface area contributed by atoms with Crippen molar-refractivity contribution in [3.8, 4) is 0 Å². The van der Waals surface area contributed by atoms with Crippen LogP contribution in [0.5, 0.6) is 0 Å². The van der Waals surface area contributed by atoms with Crippen LogP contribution in [0.25, 0.3) is 0 Å². The van der Waals surface area contributed by atoms with Gasteiger partial charge in [-0.3, -0.25) is 19.4 Å². The van der Waals surface area contributed by atoms with E-state index in [0.717, 1.165) is 9.80 Å². The molecule has 0 aromatic rings. The molecule has 18 heavy (non-hydrogen) atoms. The summed E-state index contributed by atoms with van der Waals surface area (Å²) in [6.45, 7) is 4.69. The number of ether oxygens (including phenoxy) is 1. The lowest BCUT2D eigenvalue weighted by Gasteiger charge is -2.29. The summed E-state index contributed by atoms with van der Waals surface area (Å²) in [5.41, 5.74) is 0.235. The van der Waals surface area contributed by atoms with E-state index in [2.05, 4.69) is 6.58 Å². The Balaban J connectivity index is 2.53. The van der Waals surface area contributed by atoms with Gasteiger partial charge in [-0.15, -0.1) is 0 Å². The average molecular weight is 254 g/mol. The summed E-state index contributed by atoms with van der Waals surface area (Å²) < 4.78 is 4.78. The Bertz CT molecular complexity index is 429. The van der Waals surface area contributed by atoms with E-state index in [1.807, 2.05) is 0 Å². The minimum absolute atomic E-state index is 0.0751. The number of carbonyl (C=O) groups is 4. The molecule has 1 saturated heterocycles. The summed E-state index contributed by atoms with van der Waals surface area (Å²) in [5, 5.41) is 0. The van der Waals surface area contributed by atoms with E-state index in [4.69, 9.17) is 4.74 Å². The van der Waals surface area contributed by atoms with Crippen LogP contribution < -0.4 is 0 Å². The molecule has 0 aliphatic carbocycles. The molecule has 0 saturated carbocycles. The van der Waals surface area contributed by atoms with Crippen LogP contribution >= 0.6 is 0 Å². The van der Waals surface area contributed by atoms with E-state index in [1.165, 1.54) is 14.0 Å². The summed E-state index contributed by atoms with van der Waals surface area (Å²) >= 11 is 0. The second-order valence-corrected chi connectivity index (χ2v) is 3.87. The van der Waals surface area contributed by atoms with Crippen molar-refractivity contribution in [1.82, 2.24) is 9.80 Å². The molecule has 0 N–H and O–H groups in total. The van der Waals surface area contributed by atoms with Gasteiger partial charge in [-0.2, -0.15) is 0 Å². The van der Waals surface area contributed by atoms with E-state index in [0.29, 0.717) is 0 Å². The monoisotopic (exact) mass is 254 g/mol. The molecule has 7 nitrogen and oxygen atoms in total. The van der Waals surface area contributed by atoms with Crippen LogP contribution in [0.15, 0.2) is 12.2 Å². The van der Waals surface area contributed by atoms with Gasteiger partial charge in [-0.05, 0) is 6.92 Å². The molecule has 1 aliphatic heterocycles. The quantitative estimate of drug-likeness (QED) is 0.398. The Morgan fingerprint density at radius 1 is 1.33 bits per heavy atom. The van der Waals surface area contributed by atoms with E-state index >= 15 is 0 Å². The van der Waals surface area contributed by atoms with Gasteiger partial charge in [0, 0.05) is 12.6 Å². The second kappa shape index (κ2) is 5.44. The molecule has 1 rings (SSSR count). The highest BCUT2D eigenvalue weighted by Gasteiger charge is 2.35. The van der Waals surface area contributed by atoms with E-state index in [-0.39, 0.29) is 25.1 Å². The van der Waals surface area contributed by atoms with Crippen LogP contribution in [0.4, 0.5) is 4.79 Å². The fraction of sp³-hybridized carbons (Fsp3) is 0.455. The lowest BCUT2D eigenvalue weighted by Crippen LogP contribution is -2.54. The third-order valence-corrected chi connectivity index (χ3v) is 2.39. The van der Waals surface area contributed by atoms with Gasteiger partial charge in [0.05, 0.1) is 6.54 Å². The number of nitrogens with zero attached hydrogens (tertiary/aromatic N) is 2. The highest BCUT2D eigenvalue weighted by Crippen LogP contribution is 2.09. The predicted octanol–water partition coefficient (Wildman–Crippen LogP) is -0.0836. The Hall–Kier alpha value is -2.18. The molecule has 0 spiro atoms. The van der Waals surface area contributed by atoms with Crippen LogP contribution in [0.1, 0.15) is 13.3 Å². The number of rotatable bonds is 4. The average Bonchev–Trinajstić information content (AvgIpc) is 2.30. The first kappa shape index (κ1) is 13.9. The van der Waals surface area contributed by atoms with Crippen molar-refractivity contribution < 1.29 is 23.9 Å². The minimum Gasteiger partial charge on any atom is -0.460 e. The van der Waals surface area contributed by atoms with Gasteiger partial charge in [0.2, 0.25) is 11.8 Å². The smallest absolute Gasteiger partial charge is 0.333 e. The van der Waals surface area contributed by atoms with Gasteiger partial charge in [0.15, 0.2) is 0 Å². The van der Waals surface area contributed by atoms with Crippen LogP contribution in [0.3, 0.4) is 0 Å². The molecule has 0 bridgehead atoms. The molecule has 0 atom stereocenters. The number of carbonyl (C=O) groups excluding carboxylic acids is 4.